The molecule has 0 aromatic heterocycles. The maximum atomic E-state index is 13.0. The molecule has 0 aliphatic rings. The average molecular weight is 1340 g/mol. The van der Waals surface area contributed by atoms with Gasteiger partial charge in [-0.15, -0.1) is 0 Å². The first-order valence-corrected chi connectivity index (χ1v) is 39.8. The van der Waals surface area contributed by atoms with Crippen LogP contribution in [0.4, 0.5) is 0 Å². The molecule has 0 aromatic rings. The monoisotopic (exact) mass is 1330 g/mol. The van der Waals surface area contributed by atoms with Crippen LogP contribution in [0.25, 0.3) is 0 Å². The largest absolute Gasteiger partial charge is 0.472 e. The lowest BCUT2D eigenvalue weighted by Crippen LogP contribution is -2.30. The zero-order valence-electron chi connectivity index (χ0n) is 58.8. The van der Waals surface area contributed by atoms with Crippen molar-refractivity contribution >= 4 is 39.5 Å². The van der Waals surface area contributed by atoms with Crippen molar-refractivity contribution in [1.29, 1.82) is 0 Å². The molecule has 0 aliphatic heterocycles. The smallest absolute Gasteiger partial charge is 0.462 e. The highest BCUT2D eigenvalue weighted by Crippen LogP contribution is 2.45. The standard InChI is InChI=1S/C72H136O17P2/c1-8-12-13-14-15-16-17-18-19-20-21-26-32-41-48-55-71(76)88-68(60-83-70(75)54-47-40-35-34-38-45-52-65(7)11-4)62-87-91(80,81)85-58-66(73)57-84-90(78,79)86-61-67(89-72(77)56-49-42-33-28-27-30-37-44-51-64(6)10-3)59-82-69(74)53-46-39-31-25-23-22-24-29-36-43-50-63(5)9-2/h16-19,63-68,73H,8-15,20-62H2,1-7H3,(H,78,79)(H,80,81)/b17-16-,19-18-/t63?,64?,65?,66-,67-,68-/m1/s1. The van der Waals surface area contributed by atoms with Crippen LogP contribution in [-0.4, -0.2) is 96.7 Å². The number of carbonyl (C=O) groups excluding carboxylic acids is 4. The molecule has 0 spiro atoms. The Morgan fingerprint density at radius 3 is 0.923 bits per heavy atom. The van der Waals surface area contributed by atoms with E-state index in [2.05, 4.69) is 72.8 Å². The van der Waals surface area contributed by atoms with Crippen LogP contribution in [0, 0.1) is 17.8 Å². The van der Waals surface area contributed by atoms with Gasteiger partial charge in [-0.1, -0.05) is 285 Å². The van der Waals surface area contributed by atoms with Crippen LogP contribution in [-0.2, 0) is 65.4 Å². The Balaban J connectivity index is 5.30. The molecular formula is C72H136O17P2. The number of rotatable bonds is 68. The Bertz CT molecular complexity index is 1880. The molecule has 0 saturated heterocycles. The average Bonchev–Trinajstić information content (AvgIpc) is 2.51. The number of ether oxygens (including phenoxy) is 4. The van der Waals surface area contributed by atoms with Gasteiger partial charge >= 0.3 is 39.5 Å². The van der Waals surface area contributed by atoms with E-state index < -0.39 is 97.5 Å². The Labute approximate surface area is 554 Å². The Hall–Kier alpha value is -2.46. The number of hydrogen-bond acceptors (Lipinski definition) is 15. The van der Waals surface area contributed by atoms with Crippen LogP contribution in [0.2, 0.25) is 0 Å². The number of phosphoric ester groups is 2. The summed E-state index contributed by atoms with van der Waals surface area (Å²) in [5, 5.41) is 10.6. The second-order valence-corrected chi connectivity index (χ2v) is 28.9. The number of allylic oxidation sites excluding steroid dienone is 4. The predicted octanol–water partition coefficient (Wildman–Crippen LogP) is 20.2. The second-order valence-electron chi connectivity index (χ2n) is 26.0. The van der Waals surface area contributed by atoms with Crippen LogP contribution < -0.4 is 0 Å². The van der Waals surface area contributed by atoms with Gasteiger partial charge in [-0.2, -0.15) is 0 Å². The van der Waals surface area contributed by atoms with E-state index in [-0.39, 0.29) is 25.7 Å². The van der Waals surface area contributed by atoms with Crippen molar-refractivity contribution in [1.82, 2.24) is 0 Å². The molecular weight excluding hydrogens is 1200 g/mol. The zero-order chi connectivity index (χ0) is 67.3. The van der Waals surface area contributed by atoms with E-state index in [9.17, 15) is 43.2 Å². The van der Waals surface area contributed by atoms with Gasteiger partial charge in [-0.3, -0.25) is 37.3 Å². The number of esters is 4. The van der Waals surface area contributed by atoms with Crippen LogP contribution >= 0.6 is 15.6 Å². The molecule has 91 heavy (non-hydrogen) atoms. The number of hydrogen-bond donors (Lipinski definition) is 3. The Kier molecular flexibility index (Phi) is 60.7. The van der Waals surface area contributed by atoms with E-state index in [1.807, 2.05) is 0 Å². The summed E-state index contributed by atoms with van der Waals surface area (Å²) in [6.45, 7) is 11.8. The van der Waals surface area contributed by atoms with Crippen molar-refractivity contribution < 1.29 is 80.2 Å². The minimum atomic E-state index is -4.96. The third-order valence-electron chi connectivity index (χ3n) is 17.1. The highest BCUT2D eigenvalue weighted by atomic mass is 31.2. The molecule has 0 heterocycles. The van der Waals surface area contributed by atoms with Crippen molar-refractivity contribution in [3.63, 3.8) is 0 Å². The predicted molar refractivity (Wildman–Crippen MR) is 367 cm³/mol. The number of phosphoric acid groups is 2. The highest BCUT2D eigenvalue weighted by molar-refractivity contribution is 7.47. The van der Waals surface area contributed by atoms with Gasteiger partial charge < -0.3 is 33.8 Å². The molecule has 0 aromatic carbocycles. The highest BCUT2D eigenvalue weighted by Gasteiger charge is 2.30. The summed E-state index contributed by atoms with van der Waals surface area (Å²) in [7, 11) is -9.92. The van der Waals surface area contributed by atoms with Crippen LogP contribution in [0.1, 0.15) is 337 Å². The van der Waals surface area contributed by atoms with Gasteiger partial charge in [0.2, 0.25) is 0 Å². The lowest BCUT2D eigenvalue weighted by Gasteiger charge is -2.21. The van der Waals surface area contributed by atoms with Gasteiger partial charge in [0, 0.05) is 25.7 Å². The molecule has 17 nitrogen and oxygen atoms in total. The minimum Gasteiger partial charge on any atom is -0.462 e. The first-order chi connectivity index (χ1) is 43.8. The molecule has 5 unspecified atom stereocenters. The van der Waals surface area contributed by atoms with E-state index in [1.165, 1.54) is 128 Å². The SMILES string of the molecule is CCCCCC/C=C\C=C/CCCCCCCC(=O)O[C@H](COC(=O)CCCCCCCCC(C)CC)COP(=O)(O)OC[C@H](O)COP(=O)(O)OC[C@@H](COC(=O)CCCCCCCCCCCCC(C)CC)OC(=O)CCCCCCCCCCC(C)CC. The van der Waals surface area contributed by atoms with Gasteiger partial charge in [-0.05, 0) is 69.1 Å². The number of unbranched alkanes of at least 4 members (excludes halogenated alkanes) is 30. The fraction of sp³-hybridized carbons (Fsp3) is 0.889. The molecule has 0 radical (unpaired) electrons. The van der Waals surface area contributed by atoms with Gasteiger partial charge in [0.15, 0.2) is 12.2 Å². The maximum Gasteiger partial charge on any atom is 0.472 e. The summed E-state index contributed by atoms with van der Waals surface area (Å²) in [5.41, 5.74) is 0. The normalized spacial score (nSPS) is 15.2. The fourth-order valence-corrected chi connectivity index (χ4v) is 11.8. The molecule has 19 heteroatoms. The lowest BCUT2D eigenvalue weighted by molar-refractivity contribution is -0.161. The molecule has 0 bridgehead atoms. The molecule has 8 atom stereocenters. The van der Waals surface area contributed by atoms with Crippen molar-refractivity contribution in [2.45, 2.75) is 356 Å². The quantitative estimate of drug-likeness (QED) is 0.0169. The maximum absolute atomic E-state index is 13.0. The number of aliphatic hydroxyl groups is 1. The summed E-state index contributed by atoms with van der Waals surface area (Å²) < 4.78 is 68.3. The zero-order valence-corrected chi connectivity index (χ0v) is 60.6. The topological polar surface area (TPSA) is 237 Å². The van der Waals surface area contributed by atoms with E-state index in [0.29, 0.717) is 25.7 Å². The van der Waals surface area contributed by atoms with E-state index >= 15 is 0 Å². The molecule has 3 N–H and O–H groups in total. The first-order valence-electron chi connectivity index (χ1n) is 36.8. The Morgan fingerprint density at radius 1 is 0.352 bits per heavy atom. The van der Waals surface area contributed by atoms with Crippen LogP contribution in [0.15, 0.2) is 24.3 Å². The van der Waals surface area contributed by atoms with Crippen molar-refractivity contribution in [3.8, 4) is 0 Å². The number of aliphatic hydroxyl groups excluding tert-OH is 1. The second kappa shape index (κ2) is 62.4. The minimum absolute atomic E-state index is 0.0836. The van der Waals surface area contributed by atoms with E-state index in [4.69, 9.17) is 37.0 Å². The van der Waals surface area contributed by atoms with Gasteiger partial charge in [0.05, 0.1) is 26.4 Å². The first kappa shape index (κ1) is 88.5. The third-order valence-corrected chi connectivity index (χ3v) is 19.0. The summed E-state index contributed by atoms with van der Waals surface area (Å²) in [4.78, 5) is 72.6. The fourth-order valence-electron chi connectivity index (χ4n) is 10.3. The van der Waals surface area contributed by atoms with Crippen molar-refractivity contribution in [3.05, 3.63) is 24.3 Å². The van der Waals surface area contributed by atoms with E-state index in [0.717, 1.165) is 127 Å². The van der Waals surface area contributed by atoms with Crippen molar-refractivity contribution in [2.24, 2.45) is 17.8 Å². The lowest BCUT2D eigenvalue weighted by atomic mass is 9.99. The molecule has 0 rings (SSSR count). The van der Waals surface area contributed by atoms with Gasteiger partial charge in [0.1, 0.15) is 19.3 Å². The summed E-state index contributed by atoms with van der Waals surface area (Å²) >= 11 is 0. The van der Waals surface area contributed by atoms with Gasteiger partial charge in [-0.25, -0.2) is 9.13 Å². The summed E-state index contributed by atoms with van der Waals surface area (Å²) in [5.74, 6) is 0.147. The summed E-state index contributed by atoms with van der Waals surface area (Å²) in [6, 6.07) is 0. The van der Waals surface area contributed by atoms with Gasteiger partial charge in [0.25, 0.3) is 0 Å². The Morgan fingerprint density at radius 2 is 0.615 bits per heavy atom. The molecule has 0 fully saturated rings. The van der Waals surface area contributed by atoms with Crippen molar-refractivity contribution in [2.75, 3.05) is 39.6 Å². The van der Waals surface area contributed by atoms with E-state index in [1.54, 1.807) is 0 Å². The summed E-state index contributed by atoms with van der Waals surface area (Å²) in [6.07, 6.45) is 49.3. The molecule has 0 aliphatic carbocycles. The third kappa shape index (κ3) is 62.1. The molecule has 0 saturated carbocycles. The van der Waals surface area contributed by atoms with Crippen LogP contribution in [0.5, 0.6) is 0 Å². The molecule has 0 amide bonds. The number of carbonyl (C=O) groups is 4. The van der Waals surface area contributed by atoms with Crippen LogP contribution in [0.3, 0.4) is 0 Å². The molecule has 536 valence electrons.